The van der Waals surface area contributed by atoms with Crippen LogP contribution in [0.4, 0.5) is 0 Å². The fourth-order valence-corrected chi connectivity index (χ4v) is 1.73. The van der Waals surface area contributed by atoms with Crippen molar-refractivity contribution < 1.29 is 28.2 Å². The van der Waals surface area contributed by atoms with Crippen molar-refractivity contribution in [2.24, 2.45) is 0 Å². The second-order valence-electron chi connectivity index (χ2n) is 3.93. The van der Waals surface area contributed by atoms with E-state index in [0.717, 1.165) is 0 Å². The minimum Gasteiger partial charge on any atom is -0.467 e. The Labute approximate surface area is 115 Å². The van der Waals surface area contributed by atoms with Crippen molar-refractivity contribution in [1.29, 1.82) is 0 Å². The zero-order valence-electron chi connectivity index (χ0n) is 11.2. The molecule has 0 saturated carbocycles. The van der Waals surface area contributed by atoms with Gasteiger partial charge < -0.3 is 18.6 Å². The van der Waals surface area contributed by atoms with Crippen LogP contribution in [-0.2, 0) is 9.47 Å². The van der Waals surface area contributed by atoms with Gasteiger partial charge in [-0.2, -0.15) is 0 Å². The molecule has 6 heteroatoms. The molecule has 0 N–H and O–H groups in total. The summed E-state index contributed by atoms with van der Waals surface area (Å²) in [5, 5.41) is 0.625. The van der Waals surface area contributed by atoms with Crippen LogP contribution in [0.5, 0.6) is 5.75 Å². The number of methoxy groups -OCH3 is 1. The zero-order valence-corrected chi connectivity index (χ0v) is 11.2. The summed E-state index contributed by atoms with van der Waals surface area (Å²) >= 11 is 0. The largest absolute Gasteiger partial charge is 0.467 e. The molecule has 0 aliphatic carbocycles. The normalized spacial score (nSPS) is 10.5. The van der Waals surface area contributed by atoms with Gasteiger partial charge in [0, 0.05) is 18.6 Å². The first kappa shape index (κ1) is 14.1. The monoisotopic (exact) mass is 278 g/mol. The number of carbonyl (C=O) groups is 2. The van der Waals surface area contributed by atoms with E-state index in [4.69, 9.17) is 18.6 Å². The highest BCUT2D eigenvalue weighted by molar-refractivity contribution is 5.95. The molecule has 0 amide bonds. The number of benzene rings is 1. The molecule has 0 atom stereocenters. The third-order valence-electron chi connectivity index (χ3n) is 2.58. The van der Waals surface area contributed by atoms with Crippen molar-refractivity contribution in [3.05, 3.63) is 29.5 Å². The zero-order chi connectivity index (χ0) is 14.5. The maximum absolute atomic E-state index is 11.6. The quantitative estimate of drug-likeness (QED) is 0.459. The van der Waals surface area contributed by atoms with E-state index in [1.165, 1.54) is 13.2 Å². The van der Waals surface area contributed by atoms with Crippen LogP contribution in [0.1, 0.15) is 27.8 Å². The van der Waals surface area contributed by atoms with Crippen molar-refractivity contribution in [3.8, 4) is 5.75 Å². The minimum atomic E-state index is -0.546. The molecule has 6 nitrogen and oxygen atoms in total. The maximum atomic E-state index is 11.6. The summed E-state index contributed by atoms with van der Waals surface area (Å²) in [6.45, 7) is 1.98. The van der Waals surface area contributed by atoms with Crippen LogP contribution in [-0.4, -0.2) is 32.8 Å². The molecule has 106 valence electrons. The summed E-state index contributed by atoms with van der Waals surface area (Å²) in [5.74, 6) is -0.127. The Bertz CT molecular complexity index is 628. The topological polar surface area (TPSA) is 75.0 Å². The van der Waals surface area contributed by atoms with Gasteiger partial charge in [-0.05, 0) is 19.1 Å². The Morgan fingerprint density at radius 1 is 1.35 bits per heavy atom. The summed E-state index contributed by atoms with van der Waals surface area (Å²) in [6, 6.07) is 4.65. The summed E-state index contributed by atoms with van der Waals surface area (Å²) < 4.78 is 20.3. The first-order chi connectivity index (χ1) is 9.69. The fourth-order valence-electron chi connectivity index (χ4n) is 1.73. The smallest absolute Gasteiger partial charge is 0.374 e. The maximum Gasteiger partial charge on any atom is 0.374 e. The number of fused-ring (bicyclic) bond motifs is 1. The van der Waals surface area contributed by atoms with E-state index in [1.807, 2.05) is 0 Å². The Morgan fingerprint density at radius 2 is 2.15 bits per heavy atom. The van der Waals surface area contributed by atoms with Crippen LogP contribution in [0.3, 0.4) is 0 Å². The van der Waals surface area contributed by atoms with Crippen LogP contribution >= 0.6 is 0 Å². The summed E-state index contributed by atoms with van der Waals surface area (Å²) in [6.07, 6.45) is 0.668. The first-order valence-corrected chi connectivity index (χ1v) is 6.01. The van der Waals surface area contributed by atoms with Gasteiger partial charge in [0.25, 0.3) is 0 Å². The summed E-state index contributed by atoms with van der Waals surface area (Å²) in [7, 11) is 1.48. The number of carbonyl (C=O) groups excluding carboxylic acids is 2. The lowest BCUT2D eigenvalue weighted by molar-refractivity contribution is 0.0487. The van der Waals surface area contributed by atoms with Crippen LogP contribution < -0.4 is 4.74 Å². The lowest BCUT2D eigenvalue weighted by Gasteiger charge is -2.06. The standard InChI is InChI=1S/C14H14O6/c1-3-18-14(16)13-5-9-4-10(7-15)11(19-8-17-2)6-12(9)20-13/h4-7H,3,8H2,1-2H3. The Balaban J connectivity index is 2.41. The predicted molar refractivity (Wildman–Crippen MR) is 70.1 cm³/mol. The highest BCUT2D eigenvalue weighted by Gasteiger charge is 2.15. The molecule has 1 heterocycles. The van der Waals surface area contributed by atoms with Gasteiger partial charge >= 0.3 is 5.97 Å². The van der Waals surface area contributed by atoms with E-state index >= 15 is 0 Å². The van der Waals surface area contributed by atoms with E-state index < -0.39 is 5.97 Å². The third-order valence-corrected chi connectivity index (χ3v) is 2.58. The number of esters is 1. The number of aldehydes is 1. The molecule has 2 rings (SSSR count). The Hall–Kier alpha value is -2.34. The fraction of sp³-hybridized carbons (Fsp3) is 0.286. The number of hydrogen-bond acceptors (Lipinski definition) is 6. The Morgan fingerprint density at radius 3 is 2.80 bits per heavy atom. The molecule has 1 aromatic carbocycles. The molecule has 1 aromatic heterocycles. The van der Waals surface area contributed by atoms with Crippen LogP contribution in [0, 0.1) is 0 Å². The number of hydrogen-bond donors (Lipinski definition) is 0. The number of furan rings is 1. The molecule has 0 bridgehead atoms. The van der Waals surface area contributed by atoms with Crippen molar-refractivity contribution >= 4 is 23.2 Å². The number of rotatable bonds is 6. The number of ether oxygens (including phenoxy) is 3. The molecule has 0 fully saturated rings. The van der Waals surface area contributed by atoms with Gasteiger partial charge in [-0.15, -0.1) is 0 Å². The molecule has 0 radical (unpaired) electrons. The van der Waals surface area contributed by atoms with Gasteiger partial charge in [0.05, 0.1) is 12.2 Å². The predicted octanol–water partition coefficient (Wildman–Crippen LogP) is 2.40. The molecule has 2 aromatic rings. The van der Waals surface area contributed by atoms with Crippen LogP contribution in [0.2, 0.25) is 0 Å². The molecule has 0 spiro atoms. The molecular weight excluding hydrogens is 264 g/mol. The molecule has 0 unspecified atom stereocenters. The van der Waals surface area contributed by atoms with Gasteiger partial charge in [0.15, 0.2) is 13.1 Å². The van der Waals surface area contributed by atoms with Gasteiger partial charge in [-0.3, -0.25) is 4.79 Å². The van der Waals surface area contributed by atoms with E-state index in [0.29, 0.717) is 28.6 Å². The van der Waals surface area contributed by atoms with E-state index in [9.17, 15) is 9.59 Å². The highest BCUT2D eigenvalue weighted by atomic mass is 16.7. The van der Waals surface area contributed by atoms with Gasteiger partial charge in [0.2, 0.25) is 5.76 Å². The molecule has 0 aliphatic rings. The van der Waals surface area contributed by atoms with Gasteiger partial charge in [-0.25, -0.2) is 4.79 Å². The second kappa shape index (κ2) is 6.21. The molecular formula is C14H14O6. The van der Waals surface area contributed by atoms with E-state index in [-0.39, 0.29) is 19.2 Å². The van der Waals surface area contributed by atoms with E-state index in [1.54, 1.807) is 19.1 Å². The summed E-state index contributed by atoms with van der Waals surface area (Å²) in [5.41, 5.74) is 0.788. The van der Waals surface area contributed by atoms with Gasteiger partial charge in [0.1, 0.15) is 11.3 Å². The Kier molecular flexibility index (Phi) is 4.37. The van der Waals surface area contributed by atoms with Crippen molar-refractivity contribution in [1.82, 2.24) is 0 Å². The SMILES string of the molecule is CCOC(=O)c1cc2cc(C=O)c(OCOC)cc2o1. The lowest BCUT2D eigenvalue weighted by Crippen LogP contribution is -2.02. The summed E-state index contributed by atoms with van der Waals surface area (Å²) in [4.78, 5) is 22.6. The van der Waals surface area contributed by atoms with Crippen molar-refractivity contribution in [3.63, 3.8) is 0 Å². The molecule has 0 aliphatic heterocycles. The van der Waals surface area contributed by atoms with Gasteiger partial charge in [-0.1, -0.05) is 0 Å². The first-order valence-electron chi connectivity index (χ1n) is 6.01. The van der Waals surface area contributed by atoms with Crippen molar-refractivity contribution in [2.45, 2.75) is 6.92 Å². The second-order valence-corrected chi connectivity index (χ2v) is 3.93. The van der Waals surface area contributed by atoms with Crippen molar-refractivity contribution in [2.75, 3.05) is 20.5 Å². The lowest BCUT2D eigenvalue weighted by atomic mass is 10.1. The molecule has 20 heavy (non-hydrogen) atoms. The van der Waals surface area contributed by atoms with Crippen LogP contribution in [0.15, 0.2) is 22.6 Å². The molecule has 0 saturated heterocycles. The van der Waals surface area contributed by atoms with E-state index in [2.05, 4.69) is 0 Å². The average molecular weight is 278 g/mol. The van der Waals surface area contributed by atoms with Crippen LogP contribution in [0.25, 0.3) is 11.0 Å². The minimum absolute atomic E-state index is 0.0117. The highest BCUT2D eigenvalue weighted by Crippen LogP contribution is 2.28. The average Bonchev–Trinajstić information content (AvgIpc) is 2.87. The third kappa shape index (κ3) is 2.80.